The van der Waals surface area contributed by atoms with E-state index in [1.807, 2.05) is 0 Å². The van der Waals surface area contributed by atoms with E-state index in [1.165, 1.54) is 0 Å². The lowest BCUT2D eigenvalue weighted by atomic mass is 10.6. The molecular weight excluding hydrogens is 121 g/mol. The van der Waals surface area contributed by atoms with E-state index in [0.29, 0.717) is 12.7 Å². The van der Waals surface area contributed by atoms with Crippen molar-refractivity contribution in [1.82, 2.24) is 5.32 Å². The molecule has 0 aliphatic heterocycles. The molecule has 0 rings (SSSR count). The Kier molecular flexibility index (Phi) is 4.58. The zero-order valence-corrected chi connectivity index (χ0v) is 5.84. The summed E-state index contributed by atoms with van der Waals surface area (Å²) in [5.74, 6) is 0.0369. The molecule has 0 radical (unpaired) electrons. The van der Waals surface area contributed by atoms with Crippen molar-refractivity contribution in [3.05, 3.63) is 12.7 Å². The summed E-state index contributed by atoms with van der Waals surface area (Å²) in [6.45, 7) is 4.01. The Morgan fingerprint density at radius 2 is 2.50 bits per heavy atom. The van der Waals surface area contributed by atoms with Crippen molar-refractivity contribution in [3.8, 4) is 0 Å². The van der Waals surface area contributed by atoms with Crippen LogP contribution in [0.15, 0.2) is 12.7 Å². The zero-order chi connectivity index (χ0) is 6.41. The summed E-state index contributed by atoms with van der Waals surface area (Å²) in [4.78, 5) is 10.4. The Balaban J connectivity index is 3.11. The average Bonchev–Trinajstić information content (AvgIpc) is 1.83. The van der Waals surface area contributed by atoms with Gasteiger partial charge in [0.2, 0.25) is 5.91 Å². The first kappa shape index (κ1) is 7.64. The van der Waals surface area contributed by atoms with Gasteiger partial charge in [-0.3, -0.25) is 4.79 Å². The SMILES string of the molecule is C=CCNC(=O)CP. The third-order valence-electron chi connectivity index (χ3n) is 0.629. The normalized spacial score (nSPS) is 8.12. The van der Waals surface area contributed by atoms with E-state index in [2.05, 4.69) is 21.1 Å². The smallest absolute Gasteiger partial charge is 0.224 e. The summed E-state index contributed by atoms with van der Waals surface area (Å²) in [7, 11) is 2.34. The largest absolute Gasteiger partial charge is 0.352 e. The molecule has 0 aromatic carbocycles. The van der Waals surface area contributed by atoms with Crippen LogP contribution in [0, 0.1) is 0 Å². The quantitative estimate of drug-likeness (QED) is 0.429. The molecule has 0 aromatic rings. The van der Waals surface area contributed by atoms with Gasteiger partial charge < -0.3 is 5.32 Å². The molecule has 0 fully saturated rings. The van der Waals surface area contributed by atoms with Gasteiger partial charge >= 0.3 is 0 Å². The third-order valence-corrected chi connectivity index (χ3v) is 1.000. The number of carbonyl (C=O) groups is 1. The van der Waals surface area contributed by atoms with Gasteiger partial charge in [0.1, 0.15) is 0 Å². The molecule has 46 valence electrons. The van der Waals surface area contributed by atoms with Gasteiger partial charge in [0.05, 0.1) is 0 Å². The number of rotatable bonds is 3. The Morgan fingerprint density at radius 1 is 1.88 bits per heavy atom. The van der Waals surface area contributed by atoms with Gasteiger partial charge in [-0.05, 0) is 0 Å². The predicted octanol–water partition coefficient (Wildman–Crippen LogP) is 0.164. The number of hydrogen-bond acceptors (Lipinski definition) is 1. The summed E-state index contributed by atoms with van der Waals surface area (Å²) in [5.41, 5.74) is 0. The fraction of sp³-hybridized carbons (Fsp3) is 0.400. The first-order valence-electron chi connectivity index (χ1n) is 2.39. The minimum Gasteiger partial charge on any atom is -0.352 e. The number of hydrogen-bond donors (Lipinski definition) is 1. The van der Waals surface area contributed by atoms with Crippen LogP contribution in [0.5, 0.6) is 0 Å². The minimum atomic E-state index is 0.0369. The molecule has 0 aliphatic rings. The van der Waals surface area contributed by atoms with Crippen LogP contribution in [0.3, 0.4) is 0 Å². The third kappa shape index (κ3) is 3.82. The fourth-order valence-electron chi connectivity index (χ4n) is 0.258. The molecular formula is C5H10NOP. The van der Waals surface area contributed by atoms with Gasteiger partial charge in [0.25, 0.3) is 0 Å². The van der Waals surface area contributed by atoms with Crippen LogP contribution >= 0.6 is 9.24 Å². The van der Waals surface area contributed by atoms with Gasteiger partial charge in [0.15, 0.2) is 0 Å². The van der Waals surface area contributed by atoms with E-state index in [4.69, 9.17) is 0 Å². The Labute approximate surface area is 51.6 Å². The molecule has 0 bridgehead atoms. The van der Waals surface area contributed by atoms with Crippen molar-refractivity contribution in [1.29, 1.82) is 0 Å². The Morgan fingerprint density at radius 3 is 2.88 bits per heavy atom. The minimum absolute atomic E-state index is 0.0369. The molecule has 2 nitrogen and oxygen atoms in total. The highest BCUT2D eigenvalue weighted by Gasteiger charge is 1.89. The van der Waals surface area contributed by atoms with E-state index in [0.717, 1.165) is 0 Å². The number of nitrogens with one attached hydrogen (secondary N) is 1. The highest BCUT2D eigenvalue weighted by Crippen LogP contribution is 1.77. The molecule has 1 N–H and O–H groups in total. The van der Waals surface area contributed by atoms with Gasteiger partial charge in [-0.15, -0.1) is 15.8 Å². The van der Waals surface area contributed by atoms with Crippen molar-refractivity contribution < 1.29 is 4.79 Å². The summed E-state index contributed by atoms with van der Waals surface area (Å²) in [6, 6.07) is 0. The zero-order valence-electron chi connectivity index (χ0n) is 4.68. The van der Waals surface area contributed by atoms with Crippen LogP contribution in [0.25, 0.3) is 0 Å². The lowest BCUT2D eigenvalue weighted by molar-refractivity contribution is -0.118. The Bertz CT molecular complexity index is 92.4. The van der Waals surface area contributed by atoms with E-state index in [9.17, 15) is 4.79 Å². The molecule has 0 aliphatic carbocycles. The van der Waals surface area contributed by atoms with Crippen LogP contribution in [-0.2, 0) is 4.79 Å². The molecule has 8 heavy (non-hydrogen) atoms. The molecule has 1 unspecified atom stereocenters. The predicted molar refractivity (Wildman–Crippen MR) is 37.8 cm³/mol. The first-order valence-corrected chi connectivity index (χ1v) is 3.20. The van der Waals surface area contributed by atoms with Crippen molar-refractivity contribution >= 4 is 15.1 Å². The molecule has 0 saturated heterocycles. The van der Waals surface area contributed by atoms with Crippen LogP contribution in [0.1, 0.15) is 0 Å². The van der Waals surface area contributed by atoms with Crippen molar-refractivity contribution in [3.63, 3.8) is 0 Å². The molecule has 3 heteroatoms. The lowest BCUT2D eigenvalue weighted by Gasteiger charge is -1.94. The lowest BCUT2D eigenvalue weighted by Crippen LogP contribution is -2.23. The van der Waals surface area contributed by atoms with Crippen LogP contribution in [0.2, 0.25) is 0 Å². The van der Waals surface area contributed by atoms with Crippen molar-refractivity contribution in [2.24, 2.45) is 0 Å². The fourth-order valence-corrected chi connectivity index (χ4v) is 0.403. The maximum absolute atomic E-state index is 10.4. The molecule has 0 saturated carbocycles. The second-order valence-electron chi connectivity index (χ2n) is 1.30. The maximum Gasteiger partial charge on any atom is 0.224 e. The second kappa shape index (κ2) is 4.79. The molecule has 0 heterocycles. The summed E-state index contributed by atoms with van der Waals surface area (Å²) in [5, 5.41) is 2.60. The number of carbonyl (C=O) groups excluding carboxylic acids is 1. The van der Waals surface area contributed by atoms with Gasteiger partial charge in [-0.25, -0.2) is 0 Å². The summed E-state index contributed by atoms with van der Waals surface area (Å²) >= 11 is 0. The number of amides is 1. The van der Waals surface area contributed by atoms with Crippen LogP contribution in [0.4, 0.5) is 0 Å². The highest BCUT2D eigenvalue weighted by molar-refractivity contribution is 7.18. The highest BCUT2D eigenvalue weighted by atomic mass is 31.0. The molecule has 1 amide bonds. The summed E-state index contributed by atoms with van der Waals surface area (Å²) < 4.78 is 0. The maximum atomic E-state index is 10.4. The summed E-state index contributed by atoms with van der Waals surface area (Å²) in [6.07, 6.45) is 2.12. The van der Waals surface area contributed by atoms with E-state index in [1.54, 1.807) is 6.08 Å². The first-order chi connectivity index (χ1) is 3.81. The molecule has 0 aromatic heterocycles. The Hall–Kier alpha value is -0.360. The topological polar surface area (TPSA) is 29.1 Å². The monoisotopic (exact) mass is 131 g/mol. The van der Waals surface area contributed by atoms with Crippen molar-refractivity contribution in [2.45, 2.75) is 0 Å². The van der Waals surface area contributed by atoms with E-state index >= 15 is 0 Å². The van der Waals surface area contributed by atoms with E-state index in [-0.39, 0.29) is 5.91 Å². The van der Waals surface area contributed by atoms with Gasteiger partial charge in [-0.2, -0.15) is 0 Å². The molecule has 0 spiro atoms. The average molecular weight is 131 g/mol. The van der Waals surface area contributed by atoms with E-state index < -0.39 is 0 Å². The van der Waals surface area contributed by atoms with Crippen LogP contribution < -0.4 is 5.32 Å². The van der Waals surface area contributed by atoms with Gasteiger partial charge in [-0.1, -0.05) is 6.08 Å². The molecule has 1 atom stereocenters. The van der Waals surface area contributed by atoms with Gasteiger partial charge in [0, 0.05) is 12.7 Å². The second-order valence-corrected chi connectivity index (χ2v) is 1.71. The standard InChI is InChI=1S/C5H10NOP/c1-2-3-6-5(7)4-8/h2H,1,3-4,8H2,(H,6,7). The van der Waals surface area contributed by atoms with Crippen molar-refractivity contribution in [2.75, 3.05) is 12.7 Å². The van der Waals surface area contributed by atoms with Crippen LogP contribution in [-0.4, -0.2) is 18.6 Å².